The van der Waals surface area contributed by atoms with Crippen molar-refractivity contribution in [2.45, 2.75) is 39.3 Å². The summed E-state index contributed by atoms with van der Waals surface area (Å²) in [5.41, 5.74) is -0.545. The molecule has 1 aliphatic rings. The van der Waals surface area contributed by atoms with E-state index in [1.54, 1.807) is 20.8 Å². The highest BCUT2D eigenvalue weighted by Crippen LogP contribution is 2.14. The second-order valence-electron chi connectivity index (χ2n) is 4.88. The lowest BCUT2D eigenvalue weighted by Gasteiger charge is -2.35. The number of Topliss-reactive ketones (excluding diaryl/α,β-unsaturated/α-hetero) is 1. The van der Waals surface area contributed by atoms with Crippen LogP contribution in [0.25, 0.3) is 0 Å². The molecule has 1 atom stereocenters. The van der Waals surface area contributed by atoms with Crippen molar-refractivity contribution in [3.8, 4) is 0 Å². The highest BCUT2D eigenvalue weighted by Gasteiger charge is 2.33. The van der Waals surface area contributed by atoms with Gasteiger partial charge in [0.15, 0.2) is 5.78 Å². The highest BCUT2D eigenvalue weighted by atomic mass is 16.6. The Bertz CT molecular complexity index is 282. The van der Waals surface area contributed by atoms with E-state index in [9.17, 15) is 9.59 Å². The highest BCUT2D eigenvalue weighted by molar-refractivity contribution is 5.85. The summed E-state index contributed by atoms with van der Waals surface area (Å²) in [6.07, 6.45) is -0.448. The van der Waals surface area contributed by atoms with Crippen molar-refractivity contribution in [2.24, 2.45) is 0 Å². The standard InChI is InChI=1S/C11H19NO4/c1-8(13)9-7-15-6-5-12(9)10(14)16-11(2,3)4/h9H,5-7H2,1-4H3/t9-/m1/s1. The summed E-state index contributed by atoms with van der Waals surface area (Å²) in [7, 11) is 0. The van der Waals surface area contributed by atoms with Crippen LogP contribution < -0.4 is 0 Å². The van der Waals surface area contributed by atoms with Crippen LogP contribution >= 0.6 is 0 Å². The maximum absolute atomic E-state index is 11.8. The number of morpholine rings is 1. The number of rotatable bonds is 1. The Morgan fingerprint density at radius 3 is 2.50 bits per heavy atom. The molecule has 5 nitrogen and oxygen atoms in total. The molecule has 0 N–H and O–H groups in total. The molecule has 0 unspecified atom stereocenters. The van der Waals surface area contributed by atoms with Gasteiger partial charge in [-0.05, 0) is 27.7 Å². The third kappa shape index (κ3) is 3.48. The van der Waals surface area contributed by atoms with Gasteiger partial charge < -0.3 is 9.47 Å². The van der Waals surface area contributed by atoms with Crippen LogP contribution in [0.15, 0.2) is 0 Å². The molecule has 1 saturated heterocycles. The second-order valence-corrected chi connectivity index (χ2v) is 4.88. The lowest BCUT2D eigenvalue weighted by Crippen LogP contribution is -2.53. The fourth-order valence-electron chi connectivity index (χ4n) is 1.48. The summed E-state index contributed by atoms with van der Waals surface area (Å²) in [5, 5.41) is 0. The minimum Gasteiger partial charge on any atom is -0.444 e. The van der Waals surface area contributed by atoms with Gasteiger partial charge in [0.25, 0.3) is 0 Å². The van der Waals surface area contributed by atoms with Gasteiger partial charge in [-0.25, -0.2) is 4.79 Å². The Morgan fingerprint density at radius 1 is 1.38 bits per heavy atom. The molecule has 16 heavy (non-hydrogen) atoms. The number of nitrogens with zero attached hydrogens (tertiary/aromatic N) is 1. The van der Waals surface area contributed by atoms with Gasteiger partial charge in [-0.1, -0.05) is 0 Å². The molecular weight excluding hydrogens is 210 g/mol. The van der Waals surface area contributed by atoms with Crippen LogP contribution in [0, 0.1) is 0 Å². The van der Waals surface area contributed by atoms with Crippen LogP contribution in [0.4, 0.5) is 4.79 Å². The number of amides is 1. The Kier molecular flexibility index (Phi) is 3.91. The van der Waals surface area contributed by atoms with E-state index in [-0.39, 0.29) is 12.4 Å². The average Bonchev–Trinajstić information content (AvgIpc) is 2.15. The predicted octanol–water partition coefficient (Wildman–Crippen LogP) is 1.21. The Morgan fingerprint density at radius 2 is 2.00 bits per heavy atom. The van der Waals surface area contributed by atoms with Crippen molar-refractivity contribution >= 4 is 11.9 Å². The van der Waals surface area contributed by atoms with Crippen molar-refractivity contribution < 1.29 is 19.1 Å². The molecule has 1 amide bonds. The molecule has 1 aliphatic heterocycles. The van der Waals surface area contributed by atoms with E-state index >= 15 is 0 Å². The normalized spacial score (nSPS) is 21.8. The number of carbonyl (C=O) groups is 2. The summed E-state index contributed by atoms with van der Waals surface area (Å²) in [6.45, 7) is 7.96. The average molecular weight is 229 g/mol. The smallest absolute Gasteiger partial charge is 0.411 e. The first-order chi connectivity index (χ1) is 7.31. The molecule has 0 saturated carbocycles. The first kappa shape index (κ1) is 13.0. The monoisotopic (exact) mass is 229 g/mol. The molecule has 0 aliphatic carbocycles. The minimum absolute atomic E-state index is 0.0782. The van der Waals surface area contributed by atoms with Gasteiger partial charge in [0.05, 0.1) is 13.2 Å². The van der Waals surface area contributed by atoms with Gasteiger partial charge in [-0.3, -0.25) is 9.69 Å². The largest absolute Gasteiger partial charge is 0.444 e. The first-order valence-electron chi connectivity index (χ1n) is 5.39. The van der Waals surface area contributed by atoms with E-state index in [0.29, 0.717) is 13.2 Å². The van der Waals surface area contributed by atoms with Crippen LogP contribution in [-0.4, -0.2) is 48.2 Å². The van der Waals surface area contributed by atoms with Gasteiger partial charge in [-0.2, -0.15) is 0 Å². The number of hydrogen-bond donors (Lipinski definition) is 0. The maximum Gasteiger partial charge on any atom is 0.411 e. The zero-order valence-electron chi connectivity index (χ0n) is 10.3. The lowest BCUT2D eigenvalue weighted by atomic mass is 10.1. The van der Waals surface area contributed by atoms with Crippen molar-refractivity contribution in [1.29, 1.82) is 0 Å². The first-order valence-corrected chi connectivity index (χ1v) is 5.39. The summed E-state index contributed by atoms with van der Waals surface area (Å²) >= 11 is 0. The molecule has 1 rings (SSSR count). The third-order valence-electron chi connectivity index (χ3n) is 2.23. The van der Waals surface area contributed by atoms with Crippen LogP contribution in [0.5, 0.6) is 0 Å². The Labute approximate surface area is 95.7 Å². The molecule has 1 fully saturated rings. The molecule has 0 bridgehead atoms. The number of ether oxygens (including phenoxy) is 2. The molecule has 92 valence electrons. The maximum atomic E-state index is 11.8. The zero-order chi connectivity index (χ0) is 12.3. The third-order valence-corrected chi connectivity index (χ3v) is 2.23. The quantitative estimate of drug-likeness (QED) is 0.678. The Balaban J connectivity index is 2.68. The zero-order valence-corrected chi connectivity index (χ0v) is 10.3. The van der Waals surface area contributed by atoms with Crippen molar-refractivity contribution in [2.75, 3.05) is 19.8 Å². The number of hydrogen-bond acceptors (Lipinski definition) is 4. The molecule has 0 spiro atoms. The molecule has 1 heterocycles. The summed E-state index contributed by atoms with van der Waals surface area (Å²) in [6, 6.07) is -0.511. The number of ketones is 1. The van der Waals surface area contributed by atoms with Gasteiger partial charge in [0.2, 0.25) is 0 Å². The van der Waals surface area contributed by atoms with E-state index in [4.69, 9.17) is 9.47 Å². The van der Waals surface area contributed by atoms with Gasteiger partial charge in [-0.15, -0.1) is 0 Å². The Hall–Kier alpha value is -1.10. The predicted molar refractivity (Wildman–Crippen MR) is 58.2 cm³/mol. The van der Waals surface area contributed by atoms with Crippen LogP contribution in [0.3, 0.4) is 0 Å². The van der Waals surface area contributed by atoms with E-state index < -0.39 is 17.7 Å². The fourth-order valence-corrected chi connectivity index (χ4v) is 1.48. The van der Waals surface area contributed by atoms with Crippen molar-refractivity contribution in [3.63, 3.8) is 0 Å². The van der Waals surface area contributed by atoms with Gasteiger partial charge in [0.1, 0.15) is 11.6 Å². The van der Waals surface area contributed by atoms with Crippen LogP contribution in [0.1, 0.15) is 27.7 Å². The summed E-state index contributed by atoms with van der Waals surface area (Å²) in [5.74, 6) is -0.0782. The van der Waals surface area contributed by atoms with E-state index in [0.717, 1.165) is 0 Å². The van der Waals surface area contributed by atoms with E-state index in [1.807, 2.05) is 0 Å². The minimum atomic E-state index is -0.545. The summed E-state index contributed by atoms with van der Waals surface area (Å²) < 4.78 is 10.4. The van der Waals surface area contributed by atoms with Crippen LogP contribution in [0.2, 0.25) is 0 Å². The molecule has 0 aromatic heterocycles. The van der Waals surface area contributed by atoms with Crippen molar-refractivity contribution in [1.82, 2.24) is 4.90 Å². The lowest BCUT2D eigenvalue weighted by molar-refractivity contribution is -0.127. The summed E-state index contributed by atoms with van der Waals surface area (Å²) in [4.78, 5) is 24.6. The van der Waals surface area contributed by atoms with Gasteiger partial charge in [0, 0.05) is 6.54 Å². The molecule has 0 radical (unpaired) electrons. The van der Waals surface area contributed by atoms with E-state index in [1.165, 1.54) is 11.8 Å². The topological polar surface area (TPSA) is 55.8 Å². The number of carbonyl (C=O) groups excluding carboxylic acids is 2. The van der Waals surface area contributed by atoms with E-state index in [2.05, 4.69) is 0 Å². The molecule has 0 aromatic rings. The SMILES string of the molecule is CC(=O)[C@H]1COCCN1C(=O)OC(C)(C)C. The molecule has 0 aromatic carbocycles. The second kappa shape index (κ2) is 4.82. The molecular formula is C11H19NO4. The van der Waals surface area contributed by atoms with Crippen LogP contribution in [-0.2, 0) is 14.3 Å². The van der Waals surface area contributed by atoms with Gasteiger partial charge >= 0.3 is 6.09 Å². The fraction of sp³-hybridized carbons (Fsp3) is 0.818. The molecule has 5 heteroatoms. The van der Waals surface area contributed by atoms with Crippen molar-refractivity contribution in [3.05, 3.63) is 0 Å².